The molecule has 1 heterocycles. The van der Waals surface area contributed by atoms with E-state index in [1.165, 1.54) is 6.08 Å². The summed E-state index contributed by atoms with van der Waals surface area (Å²) >= 11 is 0. The molecule has 0 bridgehead atoms. The number of anilines is 1. The lowest BCUT2D eigenvalue weighted by molar-refractivity contribution is -0.111. The molecule has 0 fully saturated rings. The van der Waals surface area contributed by atoms with Crippen molar-refractivity contribution in [2.24, 2.45) is 0 Å². The molecule has 0 aliphatic carbocycles. The van der Waals surface area contributed by atoms with E-state index in [4.69, 9.17) is 4.42 Å². The first-order chi connectivity index (χ1) is 10.7. The monoisotopic (exact) mass is 291 g/mol. The molecule has 0 spiro atoms. The topological polar surface area (TPSA) is 59.3 Å². The third kappa shape index (κ3) is 2.67. The van der Waals surface area contributed by atoms with Gasteiger partial charge in [0.25, 0.3) is 0 Å². The molecule has 22 heavy (non-hydrogen) atoms. The van der Waals surface area contributed by atoms with Crippen LogP contribution in [0, 0.1) is 0 Å². The van der Waals surface area contributed by atoms with Crippen LogP contribution in [-0.2, 0) is 4.79 Å². The normalized spacial score (nSPS) is 10.4. The Balaban J connectivity index is 2.08. The molecule has 1 N–H and O–H groups in total. The van der Waals surface area contributed by atoms with Crippen LogP contribution in [0.3, 0.4) is 0 Å². The molecule has 1 aromatic heterocycles. The van der Waals surface area contributed by atoms with Crippen molar-refractivity contribution >= 4 is 22.6 Å². The maximum Gasteiger partial charge on any atom is 0.344 e. The molecular formula is C18H13NO3. The highest BCUT2D eigenvalue weighted by atomic mass is 16.4. The third-order valence-corrected chi connectivity index (χ3v) is 3.27. The second kappa shape index (κ2) is 5.69. The molecule has 108 valence electrons. The maximum atomic E-state index is 12.2. The van der Waals surface area contributed by atoms with Gasteiger partial charge in [0.1, 0.15) is 5.58 Å². The van der Waals surface area contributed by atoms with E-state index in [0.717, 1.165) is 10.9 Å². The Bertz CT molecular complexity index is 911. The average molecular weight is 291 g/mol. The van der Waals surface area contributed by atoms with E-state index >= 15 is 0 Å². The predicted octanol–water partition coefficient (Wildman–Crippen LogP) is 3.58. The number of carbonyl (C=O) groups excluding carboxylic acids is 1. The summed E-state index contributed by atoms with van der Waals surface area (Å²) in [7, 11) is 0. The summed E-state index contributed by atoms with van der Waals surface area (Å²) in [5.41, 5.74) is 1.88. The van der Waals surface area contributed by atoms with E-state index in [9.17, 15) is 9.59 Å². The van der Waals surface area contributed by atoms with E-state index in [1.54, 1.807) is 24.3 Å². The van der Waals surface area contributed by atoms with Crippen LogP contribution in [0.2, 0.25) is 0 Å². The smallest absolute Gasteiger partial charge is 0.344 e. The summed E-state index contributed by atoms with van der Waals surface area (Å²) < 4.78 is 5.37. The molecule has 3 rings (SSSR count). The molecule has 4 heteroatoms. The summed E-state index contributed by atoms with van der Waals surface area (Å²) in [5.74, 6) is -0.317. The number of rotatable bonds is 3. The lowest BCUT2D eigenvalue weighted by atomic mass is 10.1. The molecule has 3 aromatic rings. The van der Waals surface area contributed by atoms with E-state index < -0.39 is 5.63 Å². The van der Waals surface area contributed by atoms with Crippen molar-refractivity contribution in [2.45, 2.75) is 0 Å². The second-order valence-corrected chi connectivity index (χ2v) is 4.76. The Morgan fingerprint density at radius 2 is 1.86 bits per heavy atom. The zero-order chi connectivity index (χ0) is 15.5. The lowest BCUT2D eigenvalue weighted by Gasteiger charge is -2.05. The first-order valence-electron chi connectivity index (χ1n) is 6.74. The summed E-state index contributed by atoms with van der Waals surface area (Å²) in [5, 5.41) is 3.42. The number of carbonyl (C=O) groups is 1. The summed E-state index contributed by atoms with van der Waals surface area (Å²) in [6.07, 6.45) is 1.18. The lowest BCUT2D eigenvalue weighted by Crippen LogP contribution is -2.07. The average Bonchev–Trinajstić information content (AvgIpc) is 2.55. The van der Waals surface area contributed by atoms with Gasteiger partial charge in [0.05, 0.1) is 5.56 Å². The van der Waals surface area contributed by atoms with Gasteiger partial charge in [-0.15, -0.1) is 0 Å². The van der Waals surface area contributed by atoms with Crippen molar-refractivity contribution in [1.29, 1.82) is 0 Å². The van der Waals surface area contributed by atoms with Gasteiger partial charge in [-0.2, -0.15) is 0 Å². The quantitative estimate of drug-likeness (QED) is 0.592. The van der Waals surface area contributed by atoms with Gasteiger partial charge in [0.15, 0.2) is 0 Å². The minimum absolute atomic E-state index is 0.317. The SMILES string of the molecule is C=CC(=O)Nc1ccc2cc(-c3ccccc3)c(=O)oc2c1. The van der Waals surface area contributed by atoms with E-state index in [1.807, 2.05) is 30.3 Å². The zero-order valence-electron chi connectivity index (χ0n) is 11.7. The van der Waals surface area contributed by atoms with Gasteiger partial charge in [-0.25, -0.2) is 4.79 Å². The molecule has 0 unspecified atom stereocenters. The summed E-state index contributed by atoms with van der Waals surface area (Å²) in [4.78, 5) is 23.5. The Labute approximate surface area is 126 Å². The van der Waals surface area contributed by atoms with Crippen molar-refractivity contribution in [3.05, 3.63) is 77.7 Å². The molecular weight excluding hydrogens is 278 g/mol. The van der Waals surface area contributed by atoms with Crippen LogP contribution in [0.5, 0.6) is 0 Å². The Kier molecular flexibility index (Phi) is 3.58. The minimum atomic E-state index is -0.411. The van der Waals surface area contributed by atoms with Crippen molar-refractivity contribution in [3.63, 3.8) is 0 Å². The number of benzene rings is 2. The fourth-order valence-electron chi connectivity index (χ4n) is 2.20. The van der Waals surface area contributed by atoms with Crippen LogP contribution < -0.4 is 10.9 Å². The first-order valence-corrected chi connectivity index (χ1v) is 6.74. The largest absolute Gasteiger partial charge is 0.422 e. The van der Waals surface area contributed by atoms with Crippen LogP contribution in [0.4, 0.5) is 5.69 Å². The standard InChI is InChI=1S/C18H13NO3/c1-2-17(20)19-14-9-8-13-10-15(12-6-4-3-5-7-12)18(21)22-16(13)11-14/h2-11H,1H2,(H,19,20). The van der Waals surface area contributed by atoms with Crippen LogP contribution >= 0.6 is 0 Å². The molecule has 0 radical (unpaired) electrons. The van der Waals surface area contributed by atoms with Crippen LogP contribution in [0.15, 0.2) is 76.5 Å². The fraction of sp³-hybridized carbons (Fsp3) is 0. The Morgan fingerprint density at radius 1 is 1.09 bits per heavy atom. The van der Waals surface area contributed by atoms with Crippen molar-refractivity contribution in [1.82, 2.24) is 0 Å². The van der Waals surface area contributed by atoms with Gasteiger partial charge in [0, 0.05) is 17.1 Å². The van der Waals surface area contributed by atoms with E-state index in [0.29, 0.717) is 16.8 Å². The first kappa shape index (κ1) is 13.8. The summed E-state index contributed by atoms with van der Waals surface area (Å²) in [6, 6.07) is 16.3. The second-order valence-electron chi connectivity index (χ2n) is 4.76. The van der Waals surface area contributed by atoms with Crippen LogP contribution in [0.25, 0.3) is 22.1 Å². The van der Waals surface area contributed by atoms with Gasteiger partial charge < -0.3 is 9.73 Å². The van der Waals surface area contributed by atoms with Crippen molar-refractivity contribution in [3.8, 4) is 11.1 Å². The molecule has 0 saturated heterocycles. The minimum Gasteiger partial charge on any atom is -0.422 e. The molecule has 1 amide bonds. The molecule has 0 aliphatic rings. The van der Waals surface area contributed by atoms with Gasteiger partial charge in [-0.3, -0.25) is 4.79 Å². The Morgan fingerprint density at radius 3 is 2.59 bits per heavy atom. The highest BCUT2D eigenvalue weighted by Gasteiger charge is 2.08. The van der Waals surface area contributed by atoms with Gasteiger partial charge >= 0.3 is 5.63 Å². The highest BCUT2D eigenvalue weighted by molar-refractivity contribution is 6.00. The number of fused-ring (bicyclic) bond motifs is 1. The maximum absolute atomic E-state index is 12.2. The fourth-order valence-corrected chi connectivity index (χ4v) is 2.20. The van der Waals surface area contributed by atoms with E-state index in [2.05, 4.69) is 11.9 Å². The van der Waals surface area contributed by atoms with Gasteiger partial charge in [0.2, 0.25) is 5.91 Å². The molecule has 0 saturated carbocycles. The number of hydrogen-bond donors (Lipinski definition) is 1. The van der Waals surface area contributed by atoms with Crippen molar-refractivity contribution < 1.29 is 9.21 Å². The van der Waals surface area contributed by atoms with Crippen LogP contribution in [-0.4, -0.2) is 5.91 Å². The Hall–Kier alpha value is -3.14. The predicted molar refractivity (Wildman–Crippen MR) is 86.7 cm³/mol. The van der Waals surface area contributed by atoms with Gasteiger partial charge in [-0.1, -0.05) is 36.9 Å². The molecule has 2 aromatic carbocycles. The van der Waals surface area contributed by atoms with Crippen molar-refractivity contribution in [2.75, 3.05) is 5.32 Å². The molecule has 0 aliphatic heterocycles. The number of nitrogens with one attached hydrogen (secondary N) is 1. The third-order valence-electron chi connectivity index (χ3n) is 3.27. The number of hydrogen-bond acceptors (Lipinski definition) is 3. The molecule has 4 nitrogen and oxygen atoms in total. The summed E-state index contributed by atoms with van der Waals surface area (Å²) in [6.45, 7) is 3.39. The van der Waals surface area contributed by atoms with E-state index in [-0.39, 0.29) is 5.91 Å². The number of amides is 1. The molecule has 0 atom stereocenters. The van der Waals surface area contributed by atoms with Gasteiger partial charge in [-0.05, 0) is 29.8 Å². The van der Waals surface area contributed by atoms with Crippen LogP contribution in [0.1, 0.15) is 0 Å². The zero-order valence-corrected chi connectivity index (χ0v) is 11.7. The highest BCUT2D eigenvalue weighted by Crippen LogP contribution is 2.23.